The molecule has 1 aromatic heterocycles. The summed E-state index contributed by atoms with van der Waals surface area (Å²) in [6.07, 6.45) is 1.17. The van der Waals surface area contributed by atoms with E-state index in [1.807, 2.05) is 0 Å². The van der Waals surface area contributed by atoms with E-state index in [1.165, 1.54) is 12.0 Å². The highest BCUT2D eigenvalue weighted by Crippen LogP contribution is 2.24. The maximum Gasteiger partial charge on any atom is 0.00858 e. The smallest absolute Gasteiger partial charge is 0.00858 e. The fourth-order valence-electron chi connectivity index (χ4n) is 0.993. The number of halogens is 1. The van der Waals surface area contributed by atoms with E-state index in [9.17, 15) is 0 Å². The van der Waals surface area contributed by atoms with E-state index in [2.05, 4.69) is 46.6 Å². The van der Waals surface area contributed by atoms with Crippen LogP contribution in [-0.2, 0) is 6.42 Å². The molecule has 1 aromatic rings. The van der Waals surface area contributed by atoms with Gasteiger partial charge in [0.25, 0.3) is 0 Å². The quantitative estimate of drug-likeness (QED) is 0.698. The molecule has 0 nitrogen and oxygen atoms in total. The minimum atomic E-state index is 0.390. The van der Waals surface area contributed by atoms with Crippen LogP contribution in [-0.4, -0.2) is 5.33 Å². The summed E-state index contributed by atoms with van der Waals surface area (Å²) in [6, 6.07) is 2.20. The summed E-state index contributed by atoms with van der Waals surface area (Å²) in [4.78, 5) is 0. The fourth-order valence-corrected chi connectivity index (χ4v) is 1.86. The first-order chi connectivity index (χ1) is 5.14. The lowest BCUT2D eigenvalue weighted by Gasteiger charge is -2.20. The van der Waals surface area contributed by atoms with E-state index in [-0.39, 0.29) is 0 Å². The lowest BCUT2D eigenvalue weighted by Crippen LogP contribution is -2.15. The predicted molar refractivity (Wildman–Crippen MR) is 55.6 cm³/mol. The molecule has 0 N–H and O–H groups in total. The van der Waals surface area contributed by atoms with Gasteiger partial charge >= 0.3 is 0 Å². The number of rotatable bonds is 3. The average Bonchev–Trinajstić information content (AvgIpc) is 2.39. The Morgan fingerprint density at radius 2 is 2.27 bits per heavy atom. The molecule has 0 radical (unpaired) electrons. The van der Waals surface area contributed by atoms with Gasteiger partial charge in [-0.15, -0.1) is 0 Å². The first-order valence-electron chi connectivity index (χ1n) is 3.71. The molecule has 0 spiro atoms. The van der Waals surface area contributed by atoms with Crippen molar-refractivity contribution in [1.29, 1.82) is 0 Å². The van der Waals surface area contributed by atoms with Crippen molar-refractivity contribution in [3.8, 4) is 0 Å². The molecule has 0 saturated heterocycles. The van der Waals surface area contributed by atoms with Gasteiger partial charge in [-0.1, -0.05) is 29.8 Å². The third kappa shape index (κ3) is 2.96. The molecule has 0 aliphatic rings. The summed E-state index contributed by atoms with van der Waals surface area (Å²) >= 11 is 5.30. The van der Waals surface area contributed by atoms with Gasteiger partial charge in [0.05, 0.1) is 0 Å². The minimum absolute atomic E-state index is 0.390. The molecule has 0 bridgehead atoms. The average molecular weight is 233 g/mol. The largest absolute Gasteiger partial charge is 0.152 e. The maximum atomic E-state index is 3.52. The number of alkyl halides is 1. The van der Waals surface area contributed by atoms with E-state index in [0.29, 0.717) is 5.41 Å². The Hall–Kier alpha value is 0.180. The summed E-state index contributed by atoms with van der Waals surface area (Å²) in [5.41, 5.74) is 1.85. The maximum absolute atomic E-state index is 3.52. The van der Waals surface area contributed by atoms with Crippen molar-refractivity contribution in [3.05, 3.63) is 22.4 Å². The van der Waals surface area contributed by atoms with Crippen molar-refractivity contribution in [2.75, 3.05) is 5.33 Å². The highest BCUT2D eigenvalue weighted by Gasteiger charge is 2.16. The molecule has 0 aromatic carbocycles. The van der Waals surface area contributed by atoms with Gasteiger partial charge in [-0.2, -0.15) is 11.3 Å². The molecule has 0 atom stereocenters. The Labute approximate surface area is 80.8 Å². The van der Waals surface area contributed by atoms with Crippen LogP contribution in [0.5, 0.6) is 0 Å². The Kier molecular flexibility index (Phi) is 3.14. The Morgan fingerprint density at radius 3 is 2.73 bits per heavy atom. The standard InChI is InChI=1S/C9H13BrS/c1-9(2,7-10)5-8-3-4-11-6-8/h3-4,6H,5,7H2,1-2H3. The van der Waals surface area contributed by atoms with Crippen molar-refractivity contribution in [3.63, 3.8) is 0 Å². The summed E-state index contributed by atoms with van der Waals surface area (Å²) in [5, 5.41) is 5.43. The lowest BCUT2D eigenvalue weighted by molar-refractivity contribution is 0.425. The number of hydrogen-bond donors (Lipinski definition) is 0. The van der Waals surface area contributed by atoms with Crippen LogP contribution in [0.2, 0.25) is 0 Å². The lowest BCUT2D eigenvalue weighted by atomic mass is 9.89. The molecular weight excluding hydrogens is 220 g/mol. The monoisotopic (exact) mass is 232 g/mol. The topological polar surface area (TPSA) is 0 Å². The third-order valence-corrected chi connectivity index (χ3v) is 3.87. The highest BCUT2D eigenvalue weighted by molar-refractivity contribution is 9.09. The second kappa shape index (κ2) is 3.72. The highest BCUT2D eigenvalue weighted by atomic mass is 79.9. The molecule has 1 rings (SSSR count). The summed E-state index contributed by atoms with van der Waals surface area (Å²) in [6.45, 7) is 4.55. The van der Waals surface area contributed by atoms with Crippen molar-refractivity contribution in [2.24, 2.45) is 5.41 Å². The Bertz CT molecular complexity index is 201. The minimum Gasteiger partial charge on any atom is -0.152 e. The van der Waals surface area contributed by atoms with Crippen molar-refractivity contribution >= 4 is 27.3 Å². The zero-order valence-corrected chi connectivity index (χ0v) is 9.33. The molecule has 0 fully saturated rings. The van der Waals surface area contributed by atoms with Crippen LogP contribution in [0.25, 0.3) is 0 Å². The summed E-state index contributed by atoms with van der Waals surface area (Å²) in [5.74, 6) is 0. The fraction of sp³-hybridized carbons (Fsp3) is 0.556. The summed E-state index contributed by atoms with van der Waals surface area (Å²) < 4.78 is 0. The summed E-state index contributed by atoms with van der Waals surface area (Å²) in [7, 11) is 0. The molecule has 62 valence electrons. The van der Waals surface area contributed by atoms with E-state index in [4.69, 9.17) is 0 Å². The molecule has 11 heavy (non-hydrogen) atoms. The van der Waals surface area contributed by atoms with Crippen LogP contribution in [0.3, 0.4) is 0 Å². The van der Waals surface area contributed by atoms with Crippen LogP contribution < -0.4 is 0 Å². The van der Waals surface area contributed by atoms with Gasteiger partial charge in [-0.3, -0.25) is 0 Å². The number of thiophene rings is 1. The van der Waals surface area contributed by atoms with Crippen LogP contribution in [0.1, 0.15) is 19.4 Å². The van der Waals surface area contributed by atoms with E-state index < -0.39 is 0 Å². The van der Waals surface area contributed by atoms with Crippen LogP contribution >= 0.6 is 27.3 Å². The number of hydrogen-bond acceptors (Lipinski definition) is 1. The van der Waals surface area contributed by atoms with Crippen molar-refractivity contribution in [2.45, 2.75) is 20.3 Å². The molecule has 0 aliphatic heterocycles. The molecule has 0 aliphatic carbocycles. The molecule has 1 heterocycles. The normalized spacial score (nSPS) is 11.9. The van der Waals surface area contributed by atoms with E-state index in [1.54, 1.807) is 11.3 Å². The van der Waals surface area contributed by atoms with Gasteiger partial charge in [-0.25, -0.2) is 0 Å². The second-order valence-corrected chi connectivity index (χ2v) is 4.95. The van der Waals surface area contributed by atoms with Gasteiger partial charge in [0.1, 0.15) is 0 Å². The van der Waals surface area contributed by atoms with Gasteiger partial charge < -0.3 is 0 Å². The van der Waals surface area contributed by atoms with E-state index in [0.717, 1.165) is 5.33 Å². The molecule has 0 amide bonds. The first-order valence-corrected chi connectivity index (χ1v) is 5.77. The van der Waals surface area contributed by atoms with Gasteiger partial charge in [0.15, 0.2) is 0 Å². The molecular formula is C9H13BrS. The second-order valence-electron chi connectivity index (χ2n) is 3.61. The molecule has 0 unspecified atom stereocenters. The van der Waals surface area contributed by atoms with Gasteiger partial charge in [0, 0.05) is 5.33 Å². The zero-order chi connectivity index (χ0) is 8.32. The van der Waals surface area contributed by atoms with Crippen LogP contribution in [0, 0.1) is 5.41 Å². The third-order valence-electron chi connectivity index (χ3n) is 1.62. The van der Waals surface area contributed by atoms with Gasteiger partial charge in [0.2, 0.25) is 0 Å². The first kappa shape index (κ1) is 9.27. The zero-order valence-electron chi connectivity index (χ0n) is 6.93. The molecule has 0 saturated carbocycles. The van der Waals surface area contributed by atoms with Crippen molar-refractivity contribution in [1.82, 2.24) is 0 Å². The SMILES string of the molecule is CC(C)(CBr)Cc1ccsc1. The van der Waals surface area contributed by atoms with E-state index >= 15 is 0 Å². The van der Waals surface area contributed by atoms with Crippen LogP contribution in [0.4, 0.5) is 0 Å². The van der Waals surface area contributed by atoms with Gasteiger partial charge in [-0.05, 0) is 34.2 Å². The Morgan fingerprint density at radius 1 is 1.55 bits per heavy atom. The van der Waals surface area contributed by atoms with Crippen LogP contribution in [0.15, 0.2) is 16.8 Å². The predicted octanol–water partition coefficient (Wildman–Crippen LogP) is 3.71. The molecule has 2 heteroatoms. The Balaban J connectivity index is 2.56. The van der Waals surface area contributed by atoms with Crippen molar-refractivity contribution < 1.29 is 0 Å².